The van der Waals surface area contributed by atoms with Gasteiger partial charge in [0.2, 0.25) is 0 Å². The van der Waals surface area contributed by atoms with Crippen LogP contribution in [0.25, 0.3) is 0 Å². The van der Waals surface area contributed by atoms with Crippen molar-refractivity contribution in [1.29, 1.82) is 0 Å². The second kappa shape index (κ2) is 7.02. The largest absolute Gasteiger partial charge is 0.462 e. The van der Waals surface area contributed by atoms with Gasteiger partial charge in [0, 0.05) is 13.8 Å². The predicted molar refractivity (Wildman–Crippen MR) is 63.5 cm³/mol. The van der Waals surface area contributed by atoms with Crippen LogP contribution < -0.4 is 0 Å². The van der Waals surface area contributed by atoms with Gasteiger partial charge in [-0.1, -0.05) is 5.92 Å². The van der Waals surface area contributed by atoms with E-state index in [1.807, 2.05) is 0 Å². The van der Waals surface area contributed by atoms with Gasteiger partial charge in [-0.3, -0.25) is 9.59 Å². The van der Waals surface area contributed by atoms with E-state index in [0.29, 0.717) is 0 Å². The predicted octanol–water partition coefficient (Wildman–Crippen LogP) is 1.05. The van der Waals surface area contributed by atoms with Gasteiger partial charge in [0.1, 0.15) is 12.7 Å². The molecule has 0 spiro atoms. The summed E-state index contributed by atoms with van der Waals surface area (Å²) in [5.74, 6) is 1.68. The molecule has 0 saturated carbocycles. The van der Waals surface area contributed by atoms with Crippen LogP contribution in [0, 0.1) is 12.3 Å². The average molecular weight is 254 g/mol. The lowest BCUT2D eigenvalue weighted by atomic mass is 10.0. The van der Waals surface area contributed by atoms with E-state index >= 15 is 0 Å². The Morgan fingerprint density at radius 1 is 1.39 bits per heavy atom. The van der Waals surface area contributed by atoms with Crippen molar-refractivity contribution in [3.05, 3.63) is 0 Å². The molecule has 0 radical (unpaired) electrons. The van der Waals surface area contributed by atoms with Crippen molar-refractivity contribution in [2.24, 2.45) is 0 Å². The summed E-state index contributed by atoms with van der Waals surface area (Å²) in [7, 11) is 0. The van der Waals surface area contributed by atoms with Crippen LogP contribution in [-0.2, 0) is 23.8 Å². The summed E-state index contributed by atoms with van der Waals surface area (Å²) in [5.41, 5.74) is 0. The van der Waals surface area contributed by atoms with Gasteiger partial charge in [0.05, 0.1) is 6.10 Å². The highest BCUT2D eigenvalue weighted by molar-refractivity contribution is 5.67. The lowest BCUT2D eigenvalue weighted by Gasteiger charge is -2.32. The number of rotatable bonds is 4. The SMILES string of the molecule is C#C[C@H]1CCC[C@@H]([C@@H](COC(C)=O)OC(C)=O)O1. The van der Waals surface area contributed by atoms with E-state index in [-0.39, 0.29) is 18.8 Å². The molecule has 0 aromatic carbocycles. The molecule has 100 valence electrons. The van der Waals surface area contributed by atoms with Gasteiger partial charge < -0.3 is 14.2 Å². The van der Waals surface area contributed by atoms with E-state index in [1.54, 1.807) is 0 Å². The zero-order valence-corrected chi connectivity index (χ0v) is 10.7. The quantitative estimate of drug-likeness (QED) is 0.554. The third-order valence-corrected chi connectivity index (χ3v) is 2.66. The minimum absolute atomic E-state index is 0.00310. The Morgan fingerprint density at radius 3 is 2.67 bits per heavy atom. The van der Waals surface area contributed by atoms with Gasteiger partial charge in [0.15, 0.2) is 6.10 Å². The van der Waals surface area contributed by atoms with Gasteiger partial charge >= 0.3 is 11.9 Å². The maximum Gasteiger partial charge on any atom is 0.303 e. The summed E-state index contributed by atoms with van der Waals surface area (Å²) in [6, 6.07) is 0. The Kier molecular flexibility index (Phi) is 5.66. The summed E-state index contributed by atoms with van der Waals surface area (Å²) in [5, 5.41) is 0. The maximum absolute atomic E-state index is 11.0. The first-order valence-electron chi connectivity index (χ1n) is 5.95. The Labute approximate surface area is 107 Å². The molecule has 0 amide bonds. The molecular weight excluding hydrogens is 236 g/mol. The number of hydrogen-bond donors (Lipinski definition) is 0. The first-order valence-corrected chi connectivity index (χ1v) is 5.95. The first kappa shape index (κ1) is 14.5. The van der Waals surface area contributed by atoms with Crippen LogP contribution in [-0.4, -0.2) is 36.9 Å². The Bertz CT molecular complexity index is 344. The summed E-state index contributed by atoms with van der Waals surface area (Å²) in [6.07, 6.45) is 6.58. The molecular formula is C13H18O5. The topological polar surface area (TPSA) is 61.8 Å². The molecule has 1 aliphatic rings. The van der Waals surface area contributed by atoms with Crippen LogP contribution in [0.15, 0.2) is 0 Å². The van der Waals surface area contributed by atoms with Crippen LogP contribution in [0.4, 0.5) is 0 Å². The van der Waals surface area contributed by atoms with Gasteiger partial charge in [-0.05, 0) is 19.3 Å². The van der Waals surface area contributed by atoms with Crippen molar-refractivity contribution in [3.63, 3.8) is 0 Å². The second-order valence-electron chi connectivity index (χ2n) is 4.21. The van der Waals surface area contributed by atoms with Crippen LogP contribution in [0.2, 0.25) is 0 Å². The standard InChI is InChI=1S/C13H18O5/c1-4-11-6-5-7-12(18-11)13(17-10(3)15)8-16-9(2)14/h1,11-13H,5-8H2,2-3H3/t11-,12-,13+/m0/s1. The average Bonchev–Trinajstić information content (AvgIpc) is 2.34. The third-order valence-electron chi connectivity index (χ3n) is 2.66. The molecule has 3 atom stereocenters. The minimum Gasteiger partial charge on any atom is -0.462 e. The van der Waals surface area contributed by atoms with E-state index in [0.717, 1.165) is 19.3 Å². The molecule has 0 unspecified atom stereocenters. The van der Waals surface area contributed by atoms with Crippen LogP contribution >= 0.6 is 0 Å². The molecule has 1 aliphatic heterocycles. The maximum atomic E-state index is 11.0. The fourth-order valence-electron chi connectivity index (χ4n) is 1.88. The fraction of sp³-hybridized carbons (Fsp3) is 0.692. The van der Waals surface area contributed by atoms with Gasteiger partial charge in [0.25, 0.3) is 0 Å². The van der Waals surface area contributed by atoms with E-state index in [1.165, 1.54) is 13.8 Å². The normalized spacial score (nSPS) is 24.7. The zero-order valence-electron chi connectivity index (χ0n) is 10.7. The van der Waals surface area contributed by atoms with E-state index < -0.39 is 18.0 Å². The van der Waals surface area contributed by atoms with Crippen LogP contribution in [0.3, 0.4) is 0 Å². The smallest absolute Gasteiger partial charge is 0.303 e. The summed E-state index contributed by atoms with van der Waals surface area (Å²) < 4.78 is 15.6. The molecule has 0 N–H and O–H groups in total. The summed E-state index contributed by atoms with van der Waals surface area (Å²) >= 11 is 0. The van der Waals surface area contributed by atoms with Crippen LogP contribution in [0.5, 0.6) is 0 Å². The fourth-order valence-corrected chi connectivity index (χ4v) is 1.88. The van der Waals surface area contributed by atoms with Crippen molar-refractivity contribution in [3.8, 4) is 12.3 Å². The molecule has 0 aromatic rings. The highest BCUT2D eigenvalue weighted by Gasteiger charge is 2.31. The van der Waals surface area contributed by atoms with Gasteiger partial charge in [-0.2, -0.15) is 0 Å². The molecule has 0 bridgehead atoms. The Balaban J connectivity index is 2.60. The van der Waals surface area contributed by atoms with Gasteiger partial charge in [-0.15, -0.1) is 6.42 Å². The van der Waals surface area contributed by atoms with Crippen molar-refractivity contribution in [2.75, 3.05) is 6.61 Å². The molecule has 1 fully saturated rings. The lowest BCUT2D eigenvalue weighted by Crippen LogP contribution is -2.41. The van der Waals surface area contributed by atoms with Crippen molar-refractivity contribution in [2.45, 2.75) is 51.4 Å². The van der Waals surface area contributed by atoms with E-state index in [2.05, 4.69) is 5.92 Å². The highest BCUT2D eigenvalue weighted by atomic mass is 16.6. The number of carbonyl (C=O) groups excluding carboxylic acids is 2. The Morgan fingerprint density at radius 2 is 2.11 bits per heavy atom. The Hall–Kier alpha value is -1.54. The molecule has 18 heavy (non-hydrogen) atoms. The van der Waals surface area contributed by atoms with Gasteiger partial charge in [-0.25, -0.2) is 0 Å². The molecule has 5 nitrogen and oxygen atoms in total. The minimum atomic E-state index is -0.595. The molecule has 1 heterocycles. The molecule has 1 rings (SSSR count). The van der Waals surface area contributed by atoms with Crippen molar-refractivity contribution >= 4 is 11.9 Å². The molecule has 0 aromatic heterocycles. The van der Waals surface area contributed by atoms with Crippen molar-refractivity contribution in [1.82, 2.24) is 0 Å². The summed E-state index contributed by atoms with van der Waals surface area (Å²) in [6.45, 7) is 2.61. The summed E-state index contributed by atoms with van der Waals surface area (Å²) in [4.78, 5) is 21.8. The third kappa shape index (κ3) is 4.76. The first-order chi connectivity index (χ1) is 8.52. The second-order valence-corrected chi connectivity index (χ2v) is 4.21. The number of terminal acetylenes is 1. The molecule has 0 aliphatic carbocycles. The lowest BCUT2D eigenvalue weighted by molar-refractivity contribution is -0.172. The number of ether oxygens (including phenoxy) is 3. The van der Waals surface area contributed by atoms with Crippen molar-refractivity contribution < 1.29 is 23.8 Å². The monoisotopic (exact) mass is 254 g/mol. The molecule has 1 saturated heterocycles. The number of esters is 2. The zero-order chi connectivity index (χ0) is 13.5. The number of hydrogen-bond acceptors (Lipinski definition) is 5. The number of carbonyl (C=O) groups is 2. The molecule has 5 heteroatoms. The van der Waals surface area contributed by atoms with E-state index in [4.69, 9.17) is 20.6 Å². The highest BCUT2D eigenvalue weighted by Crippen LogP contribution is 2.22. The van der Waals surface area contributed by atoms with E-state index in [9.17, 15) is 9.59 Å². The van der Waals surface area contributed by atoms with Crippen LogP contribution in [0.1, 0.15) is 33.1 Å².